The van der Waals surface area contributed by atoms with Gasteiger partial charge in [0.15, 0.2) is 11.5 Å². The van der Waals surface area contributed by atoms with Crippen molar-refractivity contribution >= 4 is 11.6 Å². The van der Waals surface area contributed by atoms with Gasteiger partial charge in [0.1, 0.15) is 12.8 Å². The quantitative estimate of drug-likeness (QED) is 0.590. The highest BCUT2D eigenvalue weighted by molar-refractivity contribution is 6.01. The molecule has 1 atom stereocenters. The van der Waals surface area contributed by atoms with Gasteiger partial charge in [-0.1, -0.05) is 30.3 Å². The van der Waals surface area contributed by atoms with Gasteiger partial charge in [0.25, 0.3) is 5.91 Å². The Morgan fingerprint density at radius 3 is 2.52 bits per heavy atom. The van der Waals surface area contributed by atoms with E-state index in [0.29, 0.717) is 22.6 Å². The van der Waals surface area contributed by atoms with Crippen molar-refractivity contribution in [3.05, 3.63) is 89.0 Å². The van der Waals surface area contributed by atoms with Crippen molar-refractivity contribution in [2.75, 3.05) is 12.4 Å². The van der Waals surface area contributed by atoms with E-state index in [4.69, 9.17) is 9.47 Å². The molecule has 0 fully saturated rings. The molecule has 1 aliphatic rings. The smallest absolute Gasteiger partial charge is 0.416 e. The van der Waals surface area contributed by atoms with E-state index in [9.17, 15) is 18.0 Å². The number of hydrogen-bond acceptors (Lipinski definition) is 4. The fourth-order valence-electron chi connectivity index (χ4n) is 3.36. The fraction of sp³-hybridized carbons (Fsp3) is 0.174. The van der Waals surface area contributed by atoms with E-state index in [0.717, 1.165) is 23.4 Å². The Morgan fingerprint density at radius 2 is 1.74 bits per heavy atom. The van der Waals surface area contributed by atoms with Gasteiger partial charge >= 0.3 is 6.18 Å². The molecule has 3 aromatic rings. The van der Waals surface area contributed by atoms with Crippen LogP contribution < -0.4 is 20.1 Å². The molecule has 0 bridgehead atoms. The topological polar surface area (TPSA) is 59.6 Å². The molecule has 0 unspecified atom stereocenters. The highest BCUT2D eigenvalue weighted by Gasteiger charge is 2.30. The first-order chi connectivity index (χ1) is 14.8. The first-order valence-electron chi connectivity index (χ1n) is 9.48. The molecule has 0 saturated carbocycles. The minimum Gasteiger partial charge on any atom is -0.493 e. The van der Waals surface area contributed by atoms with E-state index in [1.807, 2.05) is 12.1 Å². The van der Waals surface area contributed by atoms with Crippen LogP contribution in [0.15, 0.2) is 66.7 Å². The van der Waals surface area contributed by atoms with Crippen LogP contribution in [0, 0.1) is 0 Å². The summed E-state index contributed by atoms with van der Waals surface area (Å²) < 4.78 is 49.8. The molecule has 2 N–H and O–H groups in total. The molecule has 4 rings (SSSR count). The number of methoxy groups -OCH3 is 1. The minimum absolute atomic E-state index is 0.0502. The van der Waals surface area contributed by atoms with Gasteiger partial charge in [-0.3, -0.25) is 4.79 Å². The lowest BCUT2D eigenvalue weighted by molar-refractivity contribution is -0.137. The maximum absolute atomic E-state index is 12.9. The average Bonchev–Trinajstić information content (AvgIpc) is 2.77. The van der Waals surface area contributed by atoms with E-state index in [1.165, 1.54) is 13.2 Å². The lowest BCUT2D eigenvalue weighted by atomic mass is 10.1. The molecule has 3 aromatic carbocycles. The molecule has 0 saturated heterocycles. The number of alkyl halides is 3. The number of anilines is 1. The van der Waals surface area contributed by atoms with E-state index in [-0.39, 0.29) is 12.5 Å². The third kappa shape index (κ3) is 4.42. The van der Waals surface area contributed by atoms with Crippen LogP contribution in [0.2, 0.25) is 0 Å². The van der Waals surface area contributed by atoms with Gasteiger partial charge in [0.2, 0.25) is 0 Å². The summed E-state index contributed by atoms with van der Waals surface area (Å²) in [6.07, 6.45) is -4.88. The van der Waals surface area contributed by atoms with Crippen LogP contribution in [-0.2, 0) is 12.8 Å². The van der Waals surface area contributed by atoms with Gasteiger partial charge in [-0.25, -0.2) is 0 Å². The fourth-order valence-corrected chi connectivity index (χ4v) is 3.36. The second-order valence-corrected chi connectivity index (χ2v) is 6.99. The summed E-state index contributed by atoms with van der Waals surface area (Å²) in [5.41, 5.74) is 1.69. The molecule has 0 spiro atoms. The van der Waals surface area contributed by atoms with Crippen LogP contribution >= 0.6 is 0 Å². The van der Waals surface area contributed by atoms with Gasteiger partial charge in [0.05, 0.1) is 18.2 Å². The average molecular weight is 428 g/mol. The molecule has 1 heterocycles. The van der Waals surface area contributed by atoms with Crippen LogP contribution in [0.4, 0.5) is 18.9 Å². The number of carbonyl (C=O) groups is 1. The summed E-state index contributed by atoms with van der Waals surface area (Å²) >= 11 is 0. The monoisotopic (exact) mass is 428 g/mol. The maximum atomic E-state index is 12.9. The van der Waals surface area contributed by atoms with Gasteiger partial charge in [-0.05, 0) is 47.5 Å². The second-order valence-electron chi connectivity index (χ2n) is 6.99. The normalized spacial score (nSPS) is 15.5. The van der Waals surface area contributed by atoms with Crippen molar-refractivity contribution in [1.29, 1.82) is 0 Å². The molecular formula is C23H19F3N2O3. The molecule has 160 valence electrons. The van der Waals surface area contributed by atoms with Crippen LogP contribution in [0.1, 0.15) is 33.2 Å². The lowest BCUT2D eigenvalue weighted by Crippen LogP contribution is -2.38. The number of fused-ring (bicyclic) bond motifs is 1. The molecule has 31 heavy (non-hydrogen) atoms. The van der Waals surface area contributed by atoms with E-state index < -0.39 is 17.9 Å². The first kappa shape index (κ1) is 20.6. The Bertz CT molecular complexity index is 1120. The number of nitrogens with one attached hydrogen (secondary N) is 2. The van der Waals surface area contributed by atoms with Crippen molar-refractivity contribution in [2.45, 2.75) is 18.9 Å². The number of hydrogen-bond donors (Lipinski definition) is 2. The Balaban J connectivity index is 1.51. The number of amides is 1. The number of halogens is 3. The number of rotatable bonds is 5. The number of para-hydroxylation sites is 1. The summed E-state index contributed by atoms with van der Waals surface area (Å²) in [6, 6.07) is 17.3. The predicted molar refractivity (Wildman–Crippen MR) is 109 cm³/mol. The van der Waals surface area contributed by atoms with Crippen molar-refractivity contribution in [1.82, 2.24) is 5.32 Å². The standard InChI is InChI=1S/C23H19F3N2O3/c1-30-20-12-15(21-27-18-8-3-2-7-17(18)22(29)28-21)9-10-19(20)31-13-14-5-4-6-16(11-14)23(24,25)26/h2-12,21,27H,13H2,1H3,(H,28,29)/t21-/m0/s1. The SMILES string of the molecule is COc1cc([C@@H]2NC(=O)c3ccccc3N2)ccc1OCc1cccc(C(F)(F)F)c1. The molecule has 8 heteroatoms. The number of benzene rings is 3. The van der Waals surface area contributed by atoms with Crippen LogP contribution in [0.3, 0.4) is 0 Å². The first-order valence-corrected chi connectivity index (χ1v) is 9.48. The Labute approximate surface area is 176 Å². The van der Waals surface area contributed by atoms with Crippen molar-refractivity contribution in [3.63, 3.8) is 0 Å². The Kier molecular flexibility index (Phi) is 5.46. The summed E-state index contributed by atoms with van der Waals surface area (Å²) in [5, 5.41) is 6.14. The van der Waals surface area contributed by atoms with Crippen molar-refractivity contribution < 1.29 is 27.4 Å². The third-order valence-corrected chi connectivity index (χ3v) is 4.92. The molecule has 0 aromatic heterocycles. The molecular weight excluding hydrogens is 409 g/mol. The molecule has 0 aliphatic carbocycles. The van der Waals surface area contributed by atoms with Crippen LogP contribution in [0.5, 0.6) is 11.5 Å². The zero-order valence-corrected chi connectivity index (χ0v) is 16.5. The molecule has 1 aliphatic heterocycles. The van der Waals surface area contributed by atoms with Gasteiger partial charge in [-0.2, -0.15) is 13.2 Å². The molecule has 1 amide bonds. The Morgan fingerprint density at radius 1 is 0.935 bits per heavy atom. The third-order valence-electron chi connectivity index (χ3n) is 4.92. The molecule has 5 nitrogen and oxygen atoms in total. The second kappa shape index (κ2) is 8.22. The van der Waals surface area contributed by atoms with Crippen molar-refractivity contribution in [2.24, 2.45) is 0 Å². The van der Waals surface area contributed by atoms with E-state index in [2.05, 4.69) is 10.6 Å². The number of ether oxygens (including phenoxy) is 2. The zero-order valence-electron chi connectivity index (χ0n) is 16.5. The zero-order chi connectivity index (χ0) is 22.0. The highest BCUT2D eigenvalue weighted by Crippen LogP contribution is 2.34. The highest BCUT2D eigenvalue weighted by atomic mass is 19.4. The van der Waals surface area contributed by atoms with Crippen molar-refractivity contribution in [3.8, 4) is 11.5 Å². The molecule has 0 radical (unpaired) electrons. The summed E-state index contributed by atoms with van der Waals surface area (Å²) in [4.78, 5) is 12.4. The number of carbonyl (C=O) groups excluding carboxylic acids is 1. The predicted octanol–water partition coefficient (Wildman–Crippen LogP) is 5.15. The Hall–Kier alpha value is -3.68. The summed E-state index contributed by atoms with van der Waals surface area (Å²) in [6.45, 7) is -0.0502. The van der Waals surface area contributed by atoms with Crippen LogP contribution in [0.25, 0.3) is 0 Å². The lowest BCUT2D eigenvalue weighted by Gasteiger charge is -2.28. The van der Waals surface area contributed by atoms with Crippen LogP contribution in [-0.4, -0.2) is 13.0 Å². The summed E-state index contributed by atoms with van der Waals surface area (Å²) in [5.74, 6) is 0.591. The summed E-state index contributed by atoms with van der Waals surface area (Å²) in [7, 11) is 1.47. The largest absolute Gasteiger partial charge is 0.493 e. The van der Waals surface area contributed by atoms with E-state index >= 15 is 0 Å². The minimum atomic E-state index is -4.41. The van der Waals surface area contributed by atoms with Gasteiger partial charge in [0, 0.05) is 5.69 Å². The van der Waals surface area contributed by atoms with Gasteiger partial charge in [-0.15, -0.1) is 0 Å². The van der Waals surface area contributed by atoms with Gasteiger partial charge < -0.3 is 20.1 Å². The van der Waals surface area contributed by atoms with E-state index in [1.54, 1.807) is 36.4 Å². The maximum Gasteiger partial charge on any atom is 0.416 e.